The van der Waals surface area contributed by atoms with Gasteiger partial charge in [0.25, 0.3) is 5.91 Å². The number of halogens is 1. The summed E-state index contributed by atoms with van der Waals surface area (Å²) in [5.41, 5.74) is 1.81. The quantitative estimate of drug-likeness (QED) is 0.865. The van der Waals surface area contributed by atoms with Crippen LogP contribution in [0, 0.1) is 6.92 Å². The van der Waals surface area contributed by atoms with Crippen molar-refractivity contribution in [2.75, 3.05) is 17.2 Å². The average Bonchev–Trinajstić information content (AvgIpc) is 2.47. The van der Waals surface area contributed by atoms with Crippen LogP contribution in [0.4, 0.5) is 11.6 Å². The Morgan fingerprint density at radius 2 is 2.05 bits per heavy atom. The minimum absolute atomic E-state index is 0.257. The van der Waals surface area contributed by atoms with E-state index in [0.29, 0.717) is 17.3 Å². The molecule has 1 aromatic carbocycles. The van der Waals surface area contributed by atoms with Crippen molar-refractivity contribution in [3.8, 4) is 0 Å². The van der Waals surface area contributed by atoms with E-state index in [4.69, 9.17) is 0 Å². The fraction of sp³-hybridized carbons (Fsp3) is 0.267. The van der Waals surface area contributed by atoms with Gasteiger partial charge in [-0.05, 0) is 47.5 Å². The fourth-order valence-electron chi connectivity index (χ4n) is 1.75. The standard InChI is InChI=1S/C15H17BrN4O/c1-3-8-17-15-18-10(2)9-13(20-15)14(21)19-12-7-5-4-6-11(12)16/h4-7,9H,3,8H2,1-2H3,(H,19,21)(H,17,18,20). The molecular formula is C15H17BrN4O. The normalized spacial score (nSPS) is 10.2. The molecule has 0 aliphatic heterocycles. The lowest BCUT2D eigenvalue weighted by atomic mass is 10.3. The molecule has 0 fully saturated rings. The summed E-state index contributed by atoms with van der Waals surface area (Å²) in [6, 6.07) is 9.12. The molecular weight excluding hydrogens is 332 g/mol. The van der Waals surface area contributed by atoms with E-state index < -0.39 is 0 Å². The highest BCUT2D eigenvalue weighted by molar-refractivity contribution is 9.10. The Bertz CT molecular complexity index is 645. The van der Waals surface area contributed by atoms with Crippen LogP contribution in [0.15, 0.2) is 34.8 Å². The molecule has 110 valence electrons. The number of rotatable bonds is 5. The summed E-state index contributed by atoms with van der Waals surface area (Å²) in [5, 5.41) is 5.93. The second-order valence-electron chi connectivity index (χ2n) is 4.58. The average molecular weight is 349 g/mol. The number of aryl methyl sites for hydroxylation is 1. The molecule has 2 N–H and O–H groups in total. The first-order chi connectivity index (χ1) is 10.1. The highest BCUT2D eigenvalue weighted by Crippen LogP contribution is 2.21. The molecule has 1 aromatic heterocycles. The molecule has 0 aliphatic rings. The lowest BCUT2D eigenvalue weighted by Crippen LogP contribution is -2.16. The first-order valence-corrected chi connectivity index (χ1v) is 7.55. The van der Waals surface area contributed by atoms with Gasteiger partial charge in [0.1, 0.15) is 5.69 Å². The molecule has 0 bridgehead atoms. The molecule has 0 aliphatic carbocycles. The third-order valence-electron chi connectivity index (χ3n) is 2.74. The van der Waals surface area contributed by atoms with Crippen LogP contribution in [0.25, 0.3) is 0 Å². The Balaban J connectivity index is 2.19. The van der Waals surface area contributed by atoms with Crippen molar-refractivity contribution in [2.24, 2.45) is 0 Å². The second-order valence-corrected chi connectivity index (χ2v) is 5.43. The smallest absolute Gasteiger partial charge is 0.274 e. The second kappa shape index (κ2) is 7.17. The van der Waals surface area contributed by atoms with E-state index in [1.54, 1.807) is 6.07 Å². The molecule has 0 radical (unpaired) electrons. The topological polar surface area (TPSA) is 66.9 Å². The SMILES string of the molecule is CCCNc1nc(C)cc(C(=O)Nc2ccccc2Br)n1. The Morgan fingerprint density at radius 3 is 2.76 bits per heavy atom. The van der Waals surface area contributed by atoms with E-state index in [2.05, 4.69) is 43.5 Å². The zero-order valence-corrected chi connectivity index (χ0v) is 13.6. The van der Waals surface area contributed by atoms with Crippen molar-refractivity contribution >= 4 is 33.5 Å². The molecule has 0 atom stereocenters. The van der Waals surface area contributed by atoms with Gasteiger partial charge in [0, 0.05) is 16.7 Å². The van der Waals surface area contributed by atoms with E-state index in [1.165, 1.54) is 0 Å². The molecule has 21 heavy (non-hydrogen) atoms. The molecule has 2 aromatic rings. The summed E-state index contributed by atoms with van der Waals surface area (Å²) < 4.78 is 0.827. The number of nitrogens with zero attached hydrogens (tertiary/aromatic N) is 2. The summed E-state index contributed by atoms with van der Waals surface area (Å²) in [5.74, 6) is 0.223. The van der Waals surface area contributed by atoms with Crippen LogP contribution in [0.5, 0.6) is 0 Å². The van der Waals surface area contributed by atoms with Crippen LogP contribution in [0.1, 0.15) is 29.5 Å². The van der Waals surface area contributed by atoms with E-state index in [1.807, 2.05) is 31.2 Å². The Hall–Kier alpha value is -1.95. The molecule has 0 spiro atoms. The van der Waals surface area contributed by atoms with Gasteiger partial charge in [-0.2, -0.15) is 0 Å². The first-order valence-electron chi connectivity index (χ1n) is 6.75. The van der Waals surface area contributed by atoms with Gasteiger partial charge in [-0.3, -0.25) is 4.79 Å². The van der Waals surface area contributed by atoms with Crippen molar-refractivity contribution in [1.82, 2.24) is 9.97 Å². The Morgan fingerprint density at radius 1 is 1.29 bits per heavy atom. The number of nitrogens with one attached hydrogen (secondary N) is 2. The number of para-hydroxylation sites is 1. The first kappa shape index (κ1) is 15.4. The van der Waals surface area contributed by atoms with Crippen molar-refractivity contribution in [1.29, 1.82) is 0 Å². The molecule has 0 saturated carbocycles. The molecule has 0 unspecified atom stereocenters. The van der Waals surface area contributed by atoms with E-state index in [0.717, 1.165) is 23.1 Å². The lowest BCUT2D eigenvalue weighted by molar-refractivity contribution is 0.102. The van der Waals surface area contributed by atoms with E-state index >= 15 is 0 Å². The minimum atomic E-state index is -0.257. The van der Waals surface area contributed by atoms with Crippen LogP contribution in [0.2, 0.25) is 0 Å². The largest absolute Gasteiger partial charge is 0.354 e. The van der Waals surface area contributed by atoms with E-state index in [9.17, 15) is 4.79 Å². The van der Waals surface area contributed by atoms with Gasteiger partial charge >= 0.3 is 0 Å². The van der Waals surface area contributed by atoms with Crippen molar-refractivity contribution < 1.29 is 4.79 Å². The minimum Gasteiger partial charge on any atom is -0.354 e. The van der Waals surface area contributed by atoms with Crippen LogP contribution in [0.3, 0.4) is 0 Å². The molecule has 5 nitrogen and oxygen atoms in total. The van der Waals surface area contributed by atoms with Gasteiger partial charge < -0.3 is 10.6 Å². The number of aromatic nitrogens is 2. The summed E-state index contributed by atoms with van der Waals surface area (Å²) in [6.45, 7) is 4.67. The molecule has 1 amide bonds. The summed E-state index contributed by atoms with van der Waals surface area (Å²) in [6.07, 6.45) is 0.968. The lowest BCUT2D eigenvalue weighted by Gasteiger charge is -2.09. The molecule has 2 rings (SSSR count). The highest BCUT2D eigenvalue weighted by atomic mass is 79.9. The van der Waals surface area contributed by atoms with Crippen LogP contribution < -0.4 is 10.6 Å². The maximum absolute atomic E-state index is 12.3. The number of anilines is 2. The van der Waals surface area contributed by atoms with Crippen molar-refractivity contribution in [3.05, 3.63) is 46.2 Å². The van der Waals surface area contributed by atoms with Gasteiger partial charge in [-0.1, -0.05) is 19.1 Å². The predicted molar refractivity (Wildman–Crippen MR) is 87.6 cm³/mol. The summed E-state index contributed by atoms with van der Waals surface area (Å²) >= 11 is 3.40. The van der Waals surface area contributed by atoms with Crippen LogP contribution >= 0.6 is 15.9 Å². The third kappa shape index (κ3) is 4.26. The Kier molecular flexibility index (Phi) is 5.27. The van der Waals surface area contributed by atoms with Gasteiger partial charge in [0.2, 0.25) is 5.95 Å². The monoisotopic (exact) mass is 348 g/mol. The molecule has 1 heterocycles. The van der Waals surface area contributed by atoms with Crippen molar-refractivity contribution in [2.45, 2.75) is 20.3 Å². The van der Waals surface area contributed by atoms with Crippen molar-refractivity contribution in [3.63, 3.8) is 0 Å². The van der Waals surface area contributed by atoms with Gasteiger partial charge in [-0.15, -0.1) is 0 Å². The van der Waals surface area contributed by atoms with Crippen LogP contribution in [-0.4, -0.2) is 22.4 Å². The maximum Gasteiger partial charge on any atom is 0.274 e. The fourth-order valence-corrected chi connectivity index (χ4v) is 2.13. The number of carbonyl (C=O) groups excluding carboxylic acids is 1. The van der Waals surface area contributed by atoms with Gasteiger partial charge in [0.15, 0.2) is 0 Å². The summed E-state index contributed by atoms with van der Waals surface area (Å²) in [7, 11) is 0. The number of benzene rings is 1. The maximum atomic E-state index is 12.3. The Labute approximate surface area is 132 Å². The van der Waals surface area contributed by atoms with Gasteiger partial charge in [0.05, 0.1) is 5.69 Å². The zero-order valence-electron chi connectivity index (χ0n) is 12.0. The molecule has 6 heteroatoms. The predicted octanol–water partition coefficient (Wildman–Crippen LogP) is 3.62. The van der Waals surface area contributed by atoms with E-state index in [-0.39, 0.29) is 5.91 Å². The highest BCUT2D eigenvalue weighted by Gasteiger charge is 2.12. The number of carbonyl (C=O) groups is 1. The van der Waals surface area contributed by atoms with Gasteiger partial charge in [-0.25, -0.2) is 9.97 Å². The zero-order chi connectivity index (χ0) is 15.2. The third-order valence-corrected chi connectivity index (χ3v) is 3.43. The number of amides is 1. The van der Waals surface area contributed by atoms with Crippen LogP contribution in [-0.2, 0) is 0 Å². The molecule has 0 saturated heterocycles. The number of hydrogen-bond donors (Lipinski definition) is 2. The number of hydrogen-bond acceptors (Lipinski definition) is 4. The summed E-state index contributed by atoms with van der Waals surface area (Å²) in [4.78, 5) is 20.8.